The Bertz CT molecular complexity index is 1440. The Morgan fingerprint density at radius 3 is 2.41 bits per heavy atom. The summed E-state index contributed by atoms with van der Waals surface area (Å²) in [5, 5.41) is 12.7. The normalized spacial score (nSPS) is 10.9. The van der Waals surface area contributed by atoms with Crippen LogP contribution in [0.4, 0.5) is 5.69 Å². The third kappa shape index (κ3) is 4.49. The minimum Gasteiger partial charge on any atom is -0.322 e. The highest BCUT2D eigenvalue weighted by Gasteiger charge is 2.23. The number of carbonyl (C=O) groups excluding carboxylic acids is 1. The molecule has 2 heterocycles. The Balaban J connectivity index is 1.49. The topological polar surface area (TPSA) is 64.7 Å². The number of anilines is 1. The summed E-state index contributed by atoms with van der Waals surface area (Å²) in [6.07, 6.45) is 3.37. The standard InChI is InChI=1S/C27H22ClN5O/c1-19-25(26(21-10-4-2-5-11-21)31-33(19)24-13-6-3-7-14-24)27(34)30-23-12-8-9-20(15-23)17-32-18-22(28)16-29-32/h2-16,18H,17H2,1H3,(H,30,34). The zero-order chi connectivity index (χ0) is 23.5. The van der Waals surface area contributed by atoms with Crippen LogP contribution in [0.15, 0.2) is 97.3 Å². The van der Waals surface area contributed by atoms with Crippen molar-refractivity contribution in [3.05, 3.63) is 119 Å². The van der Waals surface area contributed by atoms with Gasteiger partial charge in [0.2, 0.25) is 0 Å². The minimum atomic E-state index is -0.210. The van der Waals surface area contributed by atoms with Gasteiger partial charge in [0.15, 0.2) is 0 Å². The van der Waals surface area contributed by atoms with E-state index in [0.717, 1.165) is 22.5 Å². The van der Waals surface area contributed by atoms with Crippen molar-refractivity contribution in [2.45, 2.75) is 13.5 Å². The lowest BCUT2D eigenvalue weighted by Gasteiger charge is -2.09. The van der Waals surface area contributed by atoms with Gasteiger partial charge in [0, 0.05) is 17.4 Å². The highest BCUT2D eigenvalue weighted by molar-refractivity contribution is 6.30. The molecular formula is C27H22ClN5O. The van der Waals surface area contributed by atoms with Crippen molar-refractivity contribution in [2.75, 3.05) is 5.32 Å². The van der Waals surface area contributed by atoms with Crippen LogP contribution in [0.25, 0.3) is 16.9 Å². The highest BCUT2D eigenvalue weighted by atomic mass is 35.5. The lowest BCUT2D eigenvalue weighted by atomic mass is 10.1. The summed E-state index contributed by atoms with van der Waals surface area (Å²) in [6.45, 7) is 2.47. The largest absolute Gasteiger partial charge is 0.322 e. The molecule has 3 aromatic carbocycles. The molecule has 0 fully saturated rings. The number of halogens is 1. The van der Waals surface area contributed by atoms with E-state index in [9.17, 15) is 4.79 Å². The third-order valence-corrected chi connectivity index (χ3v) is 5.72. The van der Waals surface area contributed by atoms with Crippen LogP contribution in [-0.4, -0.2) is 25.5 Å². The first-order valence-electron chi connectivity index (χ1n) is 10.9. The Kier molecular flexibility index (Phi) is 5.97. The van der Waals surface area contributed by atoms with Crippen molar-refractivity contribution in [3.63, 3.8) is 0 Å². The number of aromatic nitrogens is 4. The number of hydrogen-bond donors (Lipinski definition) is 1. The third-order valence-electron chi connectivity index (χ3n) is 5.52. The molecule has 5 aromatic rings. The van der Waals surface area contributed by atoms with Crippen molar-refractivity contribution < 1.29 is 4.79 Å². The zero-order valence-corrected chi connectivity index (χ0v) is 19.3. The Morgan fingerprint density at radius 1 is 0.971 bits per heavy atom. The monoisotopic (exact) mass is 467 g/mol. The summed E-state index contributed by atoms with van der Waals surface area (Å²) >= 11 is 5.97. The molecular weight excluding hydrogens is 446 g/mol. The fourth-order valence-corrected chi connectivity index (χ4v) is 4.10. The quantitative estimate of drug-likeness (QED) is 0.333. The van der Waals surface area contributed by atoms with Crippen molar-refractivity contribution in [3.8, 4) is 16.9 Å². The Labute approximate surface area is 202 Å². The summed E-state index contributed by atoms with van der Waals surface area (Å²) in [5.41, 5.74) is 5.43. The number of nitrogens with zero attached hydrogens (tertiary/aromatic N) is 4. The molecule has 0 atom stereocenters. The number of hydrogen-bond acceptors (Lipinski definition) is 3. The van der Waals surface area contributed by atoms with Crippen LogP contribution in [0.3, 0.4) is 0 Å². The van der Waals surface area contributed by atoms with Crippen molar-refractivity contribution in [1.82, 2.24) is 19.6 Å². The first-order chi connectivity index (χ1) is 16.6. The number of para-hydroxylation sites is 1. The maximum atomic E-state index is 13.5. The summed E-state index contributed by atoms with van der Waals surface area (Å²) in [4.78, 5) is 13.5. The maximum Gasteiger partial charge on any atom is 0.259 e. The molecule has 0 aliphatic heterocycles. The fraction of sp³-hybridized carbons (Fsp3) is 0.0741. The van der Waals surface area contributed by atoms with Crippen molar-refractivity contribution in [1.29, 1.82) is 0 Å². The van der Waals surface area contributed by atoms with Gasteiger partial charge in [-0.3, -0.25) is 9.48 Å². The predicted molar refractivity (Wildman–Crippen MR) is 134 cm³/mol. The maximum absolute atomic E-state index is 13.5. The van der Waals surface area contributed by atoms with Crippen molar-refractivity contribution >= 4 is 23.2 Å². The van der Waals surface area contributed by atoms with Gasteiger partial charge in [-0.25, -0.2) is 4.68 Å². The molecule has 0 aliphatic rings. The van der Waals surface area contributed by atoms with E-state index >= 15 is 0 Å². The van der Waals surface area contributed by atoms with Gasteiger partial charge >= 0.3 is 0 Å². The fourth-order valence-electron chi connectivity index (χ4n) is 3.95. The van der Waals surface area contributed by atoms with Gasteiger partial charge in [0.05, 0.1) is 34.7 Å². The van der Waals surface area contributed by atoms with E-state index in [1.54, 1.807) is 17.1 Å². The molecule has 0 saturated heterocycles. The second-order valence-corrected chi connectivity index (χ2v) is 8.37. The van der Waals surface area contributed by atoms with Crippen molar-refractivity contribution in [2.24, 2.45) is 0 Å². The molecule has 5 rings (SSSR count). The van der Waals surface area contributed by atoms with Crippen LogP contribution in [0.1, 0.15) is 21.6 Å². The van der Waals surface area contributed by atoms with E-state index in [4.69, 9.17) is 16.7 Å². The van der Waals surface area contributed by atoms with Crippen LogP contribution in [0.5, 0.6) is 0 Å². The number of nitrogens with one attached hydrogen (secondary N) is 1. The number of amides is 1. The number of rotatable bonds is 6. The van der Waals surface area contributed by atoms with E-state index in [1.165, 1.54) is 0 Å². The van der Waals surface area contributed by atoms with Crippen LogP contribution >= 0.6 is 11.6 Å². The van der Waals surface area contributed by atoms with E-state index in [1.807, 2.05) is 96.5 Å². The number of benzene rings is 3. The molecule has 2 aromatic heterocycles. The van der Waals surface area contributed by atoms with Gasteiger partial charge in [0.25, 0.3) is 5.91 Å². The molecule has 0 radical (unpaired) electrons. The summed E-state index contributed by atoms with van der Waals surface area (Å²) in [5.74, 6) is -0.210. The van der Waals surface area contributed by atoms with Crippen LogP contribution < -0.4 is 5.32 Å². The second kappa shape index (κ2) is 9.37. The molecule has 0 unspecified atom stereocenters. The average Bonchev–Trinajstić information content (AvgIpc) is 3.43. The van der Waals surface area contributed by atoms with Gasteiger partial charge in [-0.1, -0.05) is 72.3 Å². The smallest absolute Gasteiger partial charge is 0.259 e. The predicted octanol–water partition coefficient (Wildman–Crippen LogP) is 6.00. The van der Waals surface area contributed by atoms with E-state index in [0.29, 0.717) is 28.5 Å². The molecule has 168 valence electrons. The Hall–Kier alpha value is -4.16. The molecule has 0 bridgehead atoms. The average molecular weight is 468 g/mol. The first kappa shape index (κ1) is 21.7. The molecule has 34 heavy (non-hydrogen) atoms. The summed E-state index contributed by atoms with van der Waals surface area (Å²) in [6, 6.07) is 27.3. The van der Waals surface area contributed by atoms with Crippen LogP contribution in [-0.2, 0) is 6.54 Å². The van der Waals surface area contributed by atoms with E-state index in [-0.39, 0.29) is 5.91 Å². The van der Waals surface area contributed by atoms with Gasteiger partial charge in [-0.05, 0) is 36.8 Å². The highest BCUT2D eigenvalue weighted by Crippen LogP contribution is 2.28. The van der Waals surface area contributed by atoms with Gasteiger partial charge < -0.3 is 5.32 Å². The molecule has 6 nitrogen and oxygen atoms in total. The second-order valence-electron chi connectivity index (χ2n) is 7.93. The Morgan fingerprint density at radius 2 is 1.71 bits per heavy atom. The molecule has 1 N–H and O–H groups in total. The summed E-state index contributed by atoms with van der Waals surface area (Å²) in [7, 11) is 0. The molecule has 0 aliphatic carbocycles. The summed E-state index contributed by atoms with van der Waals surface area (Å²) < 4.78 is 3.57. The lowest BCUT2D eigenvalue weighted by molar-refractivity contribution is 0.102. The lowest BCUT2D eigenvalue weighted by Crippen LogP contribution is -2.14. The van der Waals surface area contributed by atoms with Crippen LogP contribution in [0.2, 0.25) is 5.02 Å². The zero-order valence-electron chi connectivity index (χ0n) is 18.5. The van der Waals surface area contributed by atoms with E-state index < -0.39 is 0 Å². The molecule has 0 saturated carbocycles. The van der Waals surface area contributed by atoms with Crippen LogP contribution in [0, 0.1) is 6.92 Å². The van der Waals surface area contributed by atoms with E-state index in [2.05, 4.69) is 10.4 Å². The van der Waals surface area contributed by atoms with Gasteiger partial charge in [-0.2, -0.15) is 10.2 Å². The number of carbonyl (C=O) groups is 1. The SMILES string of the molecule is Cc1c(C(=O)Nc2cccc(Cn3cc(Cl)cn3)c2)c(-c2ccccc2)nn1-c1ccccc1. The molecule has 0 spiro atoms. The first-order valence-corrected chi connectivity index (χ1v) is 11.2. The van der Waals surface area contributed by atoms with Gasteiger partial charge in [0.1, 0.15) is 5.69 Å². The van der Waals surface area contributed by atoms with Gasteiger partial charge in [-0.15, -0.1) is 0 Å². The molecule has 1 amide bonds. The molecule has 7 heteroatoms. The minimum absolute atomic E-state index is 0.210.